The lowest BCUT2D eigenvalue weighted by Gasteiger charge is -2.12. The molecule has 0 aliphatic rings. The maximum absolute atomic E-state index is 12.0. The van der Waals surface area contributed by atoms with Gasteiger partial charge in [-0.25, -0.2) is 0 Å². The summed E-state index contributed by atoms with van der Waals surface area (Å²) in [6, 6.07) is 5.40. The maximum atomic E-state index is 12.0. The molecule has 0 heterocycles. The molecule has 0 aliphatic heterocycles. The zero-order valence-corrected chi connectivity index (χ0v) is 12.0. The minimum absolute atomic E-state index is 0.0222. The Labute approximate surface area is 121 Å². The first kappa shape index (κ1) is 17.3. The van der Waals surface area contributed by atoms with Crippen LogP contribution < -0.4 is 10.6 Å². The predicted octanol–water partition coefficient (Wildman–Crippen LogP) is 2.74. The smallest absolute Gasteiger partial charge is 0.385 e. The molecule has 0 saturated heterocycles. The Bertz CT molecular complexity index is 476. The third-order valence-electron chi connectivity index (χ3n) is 2.58. The largest absolute Gasteiger partial charge is 0.411 e. The van der Waals surface area contributed by atoms with E-state index in [0.29, 0.717) is 17.8 Å². The summed E-state index contributed by atoms with van der Waals surface area (Å²) in [7, 11) is 0. The second-order valence-electron chi connectivity index (χ2n) is 4.50. The molecule has 1 aromatic rings. The molecule has 0 fully saturated rings. The number of alkyl halides is 3. The third-order valence-corrected chi connectivity index (χ3v) is 2.58. The van der Waals surface area contributed by atoms with Crippen molar-refractivity contribution >= 4 is 11.6 Å². The Morgan fingerprint density at radius 3 is 2.67 bits per heavy atom. The van der Waals surface area contributed by atoms with Crippen molar-refractivity contribution in [3.05, 3.63) is 29.3 Å². The van der Waals surface area contributed by atoms with Crippen LogP contribution in [0.4, 0.5) is 18.9 Å². The summed E-state index contributed by atoms with van der Waals surface area (Å²) in [4.78, 5) is 12.0. The summed E-state index contributed by atoms with van der Waals surface area (Å²) in [6.07, 6.45) is -4.35. The summed E-state index contributed by atoms with van der Waals surface area (Å²) in [6.45, 7) is 2.96. The van der Waals surface area contributed by atoms with Gasteiger partial charge in [0.25, 0.3) is 5.91 Å². The Balaban J connectivity index is 2.50. The molecule has 7 heteroatoms. The Hall–Kier alpha value is -1.76. The van der Waals surface area contributed by atoms with Crippen LogP contribution >= 0.6 is 0 Å². The predicted molar refractivity (Wildman–Crippen MR) is 74.5 cm³/mol. The fraction of sp³-hybridized carbons (Fsp3) is 0.500. The number of benzene rings is 1. The van der Waals surface area contributed by atoms with Crippen molar-refractivity contribution in [3.63, 3.8) is 0 Å². The average molecular weight is 304 g/mol. The molecule has 1 amide bonds. The topological polar surface area (TPSA) is 50.4 Å². The van der Waals surface area contributed by atoms with Crippen molar-refractivity contribution < 1.29 is 22.7 Å². The van der Waals surface area contributed by atoms with Gasteiger partial charge in [-0.05, 0) is 26.0 Å². The van der Waals surface area contributed by atoms with Crippen LogP contribution in [0.1, 0.15) is 22.8 Å². The molecule has 4 nitrogen and oxygen atoms in total. The van der Waals surface area contributed by atoms with Crippen LogP contribution in [0.2, 0.25) is 0 Å². The fourth-order valence-electron chi connectivity index (χ4n) is 1.71. The van der Waals surface area contributed by atoms with Crippen LogP contribution in [0.3, 0.4) is 0 Å². The van der Waals surface area contributed by atoms with E-state index in [1.165, 1.54) is 0 Å². The summed E-state index contributed by atoms with van der Waals surface area (Å²) in [5, 5.41) is 5.60. The van der Waals surface area contributed by atoms with Gasteiger partial charge in [-0.15, -0.1) is 0 Å². The molecule has 1 aromatic carbocycles. The zero-order valence-electron chi connectivity index (χ0n) is 12.0. The highest BCUT2D eigenvalue weighted by atomic mass is 19.4. The van der Waals surface area contributed by atoms with Crippen molar-refractivity contribution in [1.29, 1.82) is 0 Å². The minimum atomic E-state index is -4.35. The van der Waals surface area contributed by atoms with E-state index < -0.39 is 12.8 Å². The molecule has 0 radical (unpaired) electrons. The number of nitrogens with one attached hydrogen (secondary N) is 2. The molecule has 0 saturated carbocycles. The number of ether oxygens (including phenoxy) is 1. The van der Waals surface area contributed by atoms with Gasteiger partial charge in [-0.2, -0.15) is 13.2 Å². The van der Waals surface area contributed by atoms with Gasteiger partial charge >= 0.3 is 6.18 Å². The number of aryl methyl sites for hydroxylation is 1. The van der Waals surface area contributed by atoms with E-state index in [1.807, 2.05) is 19.9 Å². The molecule has 0 aromatic heterocycles. The second kappa shape index (κ2) is 7.87. The highest BCUT2D eigenvalue weighted by Crippen LogP contribution is 2.17. The number of carbonyl (C=O) groups excluding carboxylic acids is 1. The van der Waals surface area contributed by atoms with Crippen molar-refractivity contribution in [2.75, 3.05) is 31.6 Å². The van der Waals surface area contributed by atoms with E-state index >= 15 is 0 Å². The molecule has 118 valence electrons. The maximum Gasteiger partial charge on any atom is 0.411 e. The van der Waals surface area contributed by atoms with Gasteiger partial charge in [-0.1, -0.05) is 11.6 Å². The second-order valence-corrected chi connectivity index (χ2v) is 4.50. The van der Waals surface area contributed by atoms with Gasteiger partial charge in [0.15, 0.2) is 0 Å². The van der Waals surface area contributed by atoms with E-state index in [9.17, 15) is 18.0 Å². The number of carbonyl (C=O) groups is 1. The number of rotatable bonds is 7. The first-order valence-electron chi connectivity index (χ1n) is 6.60. The zero-order chi connectivity index (χ0) is 15.9. The first-order valence-corrected chi connectivity index (χ1v) is 6.60. The molecule has 1 rings (SSSR count). The van der Waals surface area contributed by atoms with Gasteiger partial charge in [0.1, 0.15) is 6.61 Å². The van der Waals surface area contributed by atoms with Crippen LogP contribution in [-0.2, 0) is 4.74 Å². The molecule has 21 heavy (non-hydrogen) atoms. The molecule has 0 spiro atoms. The number of amides is 1. The SMILES string of the molecule is CCNc1ccc(C)cc1C(=O)NCCOCC(F)(F)F. The summed E-state index contributed by atoms with van der Waals surface area (Å²) >= 11 is 0. The average Bonchev–Trinajstić information content (AvgIpc) is 2.39. The van der Waals surface area contributed by atoms with Gasteiger partial charge in [0, 0.05) is 18.8 Å². The van der Waals surface area contributed by atoms with Crippen molar-refractivity contribution in [2.24, 2.45) is 0 Å². The first-order chi connectivity index (χ1) is 9.83. The van der Waals surface area contributed by atoms with E-state index in [4.69, 9.17) is 0 Å². The summed E-state index contributed by atoms with van der Waals surface area (Å²) < 4.78 is 40.0. The van der Waals surface area contributed by atoms with Crippen molar-refractivity contribution in [2.45, 2.75) is 20.0 Å². The number of hydrogen-bond donors (Lipinski definition) is 2. The van der Waals surface area contributed by atoms with E-state index in [1.54, 1.807) is 12.1 Å². The Morgan fingerprint density at radius 1 is 1.33 bits per heavy atom. The molecule has 0 aliphatic carbocycles. The van der Waals surface area contributed by atoms with Gasteiger partial charge in [-0.3, -0.25) is 4.79 Å². The summed E-state index contributed by atoms with van der Waals surface area (Å²) in [5.41, 5.74) is 2.08. The molecular weight excluding hydrogens is 285 g/mol. The van der Waals surface area contributed by atoms with Crippen LogP contribution in [0.15, 0.2) is 18.2 Å². The summed E-state index contributed by atoms with van der Waals surface area (Å²) in [5.74, 6) is -0.342. The number of halogens is 3. The lowest BCUT2D eigenvalue weighted by molar-refractivity contribution is -0.173. The van der Waals surface area contributed by atoms with E-state index in [0.717, 1.165) is 5.56 Å². The van der Waals surface area contributed by atoms with Gasteiger partial charge in [0.2, 0.25) is 0 Å². The van der Waals surface area contributed by atoms with Crippen molar-refractivity contribution in [3.8, 4) is 0 Å². The normalized spacial score (nSPS) is 11.3. The Morgan fingerprint density at radius 2 is 2.05 bits per heavy atom. The standard InChI is InChI=1S/C14H19F3N2O2/c1-3-18-12-5-4-10(2)8-11(12)13(20)19-6-7-21-9-14(15,16)17/h4-5,8,18H,3,6-7,9H2,1-2H3,(H,19,20). The number of anilines is 1. The lowest BCUT2D eigenvalue weighted by atomic mass is 10.1. The third kappa shape index (κ3) is 6.48. The van der Waals surface area contributed by atoms with E-state index in [-0.39, 0.29) is 19.1 Å². The monoisotopic (exact) mass is 304 g/mol. The molecule has 0 unspecified atom stereocenters. The Kier molecular flexibility index (Phi) is 6.48. The number of hydrogen-bond acceptors (Lipinski definition) is 3. The minimum Gasteiger partial charge on any atom is -0.385 e. The quantitative estimate of drug-likeness (QED) is 0.762. The van der Waals surface area contributed by atoms with Crippen LogP contribution in [-0.4, -0.2) is 38.4 Å². The lowest BCUT2D eigenvalue weighted by Crippen LogP contribution is -2.29. The van der Waals surface area contributed by atoms with Gasteiger partial charge in [0.05, 0.1) is 12.2 Å². The highest BCUT2D eigenvalue weighted by molar-refractivity contribution is 5.99. The molecular formula is C14H19F3N2O2. The van der Waals surface area contributed by atoms with Crippen LogP contribution in [0.25, 0.3) is 0 Å². The van der Waals surface area contributed by atoms with Crippen LogP contribution in [0, 0.1) is 6.92 Å². The highest BCUT2D eigenvalue weighted by Gasteiger charge is 2.27. The van der Waals surface area contributed by atoms with Gasteiger partial charge < -0.3 is 15.4 Å². The molecule has 2 N–H and O–H groups in total. The van der Waals surface area contributed by atoms with Crippen LogP contribution in [0.5, 0.6) is 0 Å². The molecule has 0 atom stereocenters. The molecule has 0 bridgehead atoms. The van der Waals surface area contributed by atoms with Crippen molar-refractivity contribution in [1.82, 2.24) is 5.32 Å². The fourth-order valence-corrected chi connectivity index (χ4v) is 1.71. The van der Waals surface area contributed by atoms with E-state index in [2.05, 4.69) is 15.4 Å².